The molecule has 0 spiro atoms. The Hall–Kier alpha value is -2.50. The number of aromatic nitrogens is 2. The van der Waals surface area contributed by atoms with E-state index in [1.54, 1.807) is 17.1 Å². The van der Waals surface area contributed by atoms with Gasteiger partial charge >= 0.3 is 0 Å². The third kappa shape index (κ3) is 4.74. The second-order valence-corrected chi connectivity index (χ2v) is 5.17. The molecule has 6 heteroatoms. The number of nitrogens with zero attached hydrogens (tertiary/aromatic N) is 3. The summed E-state index contributed by atoms with van der Waals surface area (Å²) in [6.07, 6.45) is 5.61. The standard InChI is InChI=1S/C17H24N4O2/c1-4-6-9-23-15-8-7-14(10-16(15)22-5-2)11-19-21-12-13(3)20-17(21)18/h7-8,10-12H,4-6,9H2,1-3H3,(H2,18,20). The topological polar surface area (TPSA) is 74.7 Å². The van der Waals surface area contributed by atoms with E-state index in [0.717, 1.165) is 35.6 Å². The summed E-state index contributed by atoms with van der Waals surface area (Å²) in [5.41, 5.74) is 7.50. The number of ether oxygens (including phenoxy) is 2. The fourth-order valence-corrected chi connectivity index (χ4v) is 2.04. The van der Waals surface area contributed by atoms with Gasteiger partial charge in [0.2, 0.25) is 5.95 Å². The van der Waals surface area contributed by atoms with Crippen molar-refractivity contribution in [2.45, 2.75) is 33.6 Å². The van der Waals surface area contributed by atoms with E-state index < -0.39 is 0 Å². The molecule has 2 aromatic rings. The predicted molar refractivity (Wildman–Crippen MR) is 92.4 cm³/mol. The summed E-state index contributed by atoms with van der Waals surface area (Å²) < 4.78 is 13.0. The molecule has 0 atom stereocenters. The maximum Gasteiger partial charge on any atom is 0.221 e. The second-order valence-electron chi connectivity index (χ2n) is 5.17. The van der Waals surface area contributed by atoms with Crippen LogP contribution < -0.4 is 15.2 Å². The van der Waals surface area contributed by atoms with Crippen molar-refractivity contribution < 1.29 is 9.47 Å². The Morgan fingerprint density at radius 3 is 2.74 bits per heavy atom. The van der Waals surface area contributed by atoms with Gasteiger partial charge in [-0.15, -0.1) is 0 Å². The van der Waals surface area contributed by atoms with Crippen LogP contribution in [0.25, 0.3) is 0 Å². The number of hydrogen-bond acceptors (Lipinski definition) is 5. The smallest absolute Gasteiger partial charge is 0.221 e. The number of unbranched alkanes of at least 4 members (excludes halogenated alkanes) is 1. The van der Waals surface area contributed by atoms with Gasteiger partial charge in [0.1, 0.15) is 0 Å². The summed E-state index contributed by atoms with van der Waals surface area (Å²) >= 11 is 0. The summed E-state index contributed by atoms with van der Waals surface area (Å²) in [5, 5.41) is 4.31. The first-order valence-electron chi connectivity index (χ1n) is 7.89. The molecule has 1 heterocycles. The van der Waals surface area contributed by atoms with Crippen LogP contribution in [-0.4, -0.2) is 29.1 Å². The number of aryl methyl sites for hydroxylation is 1. The lowest BCUT2D eigenvalue weighted by Gasteiger charge is -2.12. The first-order chi connectivity index (χ1) is 11.1. The van der Waals surface area contributed by atoms with Crippen LogP contribution in [0.15, 0.2) is 29.5 Å². The van der Waals surface area contributed by atoms with Gasteiger partial charge in [-0.25, -0.2) is 9.66 Å². The van der Waals surface area contributed by atoms with Crippen LogP contribution >= 0.6 is 0 Å². The highest BCUT2D eigenvalue weighted by Gasteiger charge is 2.06. The van der Waals surface area contributed by atoms with Gasteiger partial charge in [0.05, 0.1) is 31.3 Å². The normalized spacial score (nSPS) is 11.1. The van der Waals surface area contributed by atoms with E-state index in [2.05, 4.69) is 17.0 Å². The van der Waals surface area contributed by atoms with Gasteiger partial charge in [-0.05, 0) is 44.0 Å². The molecule has 6 nitrogen and oxygen atoms in total. The summed E-state index contributed by atoms with van der Waals surface area (Å²) in [7, 11) is 0. The molecular weight excluding hydrogens is 292 g/mol. The Morgan fingerprint density at radius 1 is 1.26 bits per heavy atom. The van der Waals surface area contributed by atoms with E-state index in [0.29, 0.717) is 19.2 Å². The SMILES string of the molecule is CCCCOc1ccc(C=Nn2cc(C)nc2N)cc1OCC. The van der Waals surface area contributed by atoms with E-state index in [-0.39, 0.29) is 0 Å². The highest BCUT2D eigenvalue weighted by atomic mass is 16.5. The van der Waals surface area contributed by atoms with Crippen molar-refractivity contribution in [1.29, 1.82) is 0 Å². The summed E-state index contributed by atoms with van der Waals surface area (Å²) in [4.78, 5) is 4.11. The molecule has 0 aliphatic heterocycles. The minimum absolute atomic E-state index is 0.364. The lowest BCUT2D eigenvalue weighted by Crippen LogP contribution is -2.01. The molecule has 1 aromatic heterocycles. The van der Waals surface area contributed by atoms with Crippen molar-refractivity contribution in [3.8, 4) is 11.5 Å². The Bertz CT molecular complexity index is 665. The summed E-state index contributed by atoms with van der Waals surface area (Å²) in [6, 6.07) is 5.76. The number of hydrogen-bond donors (Lipinski definition) is 1. The maximum absolute atomic E-state index is 5.77. The monoisotopic (exact) mass is 316 g/mol. The molecule has 2 rings (SSSR count). The Labute approximate surface area is 136 Å². The Balaban J connectivity index is 2.16. The van der Waals surface area contributed by atoms with Crippen molar-refractivity contribution in [1.82, 2.24) is 9.66 Å². The van der Waals surface area contributed by atoms with Crippen LogP contribution in [-0.2, 0) is 0 Å². The molecule has 0 amide bonds. The zero-order valence-electron chi connectivity index (χ0n) is 14.0. The van der Waals surface area contributed by atoms with Crippen molar-refractivity contribution in [2.75, 3.05) is 18.9 Å². The van der Waals surface area contributed by atoms with Crippen LogP contribution in [0.5, 0.6) is 11.5 Å². The summed E-state index contributed by atoms with van der Waals surface area (Å²) in [5.74, 6) is 1.85. The Kier molecular flexibility index (Phi) is 6.02. The molecule has 0 bridgehead atoms. The van der Waals surface area contributed by atoms with E-state index >= 15 is 0 Å². The largest absolute Gasteiger partial charge is 0.490 e. The number of nitrogens with two attached hydrogens (primary N) is 1. The molecule has 0 radical (unpaired) electrons. The van der Waals surface area contributed by atoms with Gasteiger partial charge in [-0.2, -0.15) is 5.10 Å². The van der Waals surface area contributed by atoms with E-state index in [4.69, 9.17) is 15.2 Å². The van der Waals surface area contributed by atoms with Gasteiger partial charge in [0.15, 0.2) is 11.5 Å². The first kappa shape index (κ1) is 16.9. The van der Waals surface area contributed by atoms with Gasteiger partial charge in [0.25, 0.3) is 0 Å². The highest BCUT2D eigenvalue weighted by molar-refractivity contribution is 5.81. The average Bonchev–Trinajstić information content (AvgIpc) is 2.85. The number of anilines is 1. The van der Waals surface area contributed by atoms with Crippen LogP contribution in [0.1, 0.15) is 37.9 Å². The minimum Gasteiger partial charge on any atom is -0.490 e. The number of imidazole rings is 1. The lowest BCUT2D eigenvalue weighted by atomic mass is 10.2. The van der Waals surface area contributed by atoms with E-state index in [1.807, 2.05) is 32.0 Å². The zero-order chi connectivity index (χ0) is 16.7. The van der Waals surface area contributed by atoms with Crippen LogP contribution in [0.2, 0.25) is 0 Å². The molecule has 124 valence electrons. The maximum atomic E-state index is 5.77. The first-order valence-corrected chi connectivity index (χ1v) is 7.89. The van der Waals surface area contributed by atoms with Crippen LogP contribution in [0.4, 0.5) is 5.95 Å². The van der Waals surface area contributed by atoms with Gasteiger partial charge < -0.3 is 15.2 Å². The fourth-order valence-electron chi connectivity index (χ4n) is 2.04. The predicted octanol–water partition coefficient (Wildman–Crippen LogP) is 3.23. The quantitative estimate of drug-likeness (QED) is 0.599. The van der Waals surface area contributed by atoms with Crippen LogP contribution in [0.3, 0.4) is 0 Å². The summed E-state index contributed by atoms with van der Waals surface area (Å²) in [6.45, 7) is 7.23. The third-order valence-electron chi connectivity index (χ3n) is 3.19. The van der Waals surface area contributed by atoms with Crippen LogP contribution in [0, 0.1) is 6.92 Å². The molecule has 0 saturated heterocycles. The number of benzene rings is 1. The minimum atomic E-state index is 0.364. The Morgan fingerprint density at radius 2 is 2.09 bits per heavy atom. The molecule has 23 heavy (non-hydrogen) atoms. The lowest BCUT2D eigenvalue weighted by molar-refractivity contribution is 0.272. The third-order valence-corrected chi connectivity index (χ3v) is 3.19. The van der Waals surface area contributed by atoms with Crippen molar-refractivity contribution >= 4 is 12.2 Å². The van der Waals surface area contributed by atoms with E-state index in [1.165, 1.54) is 0 Å². The molecule has 0 aliphatic carbocycles. The molecule has 0 fully saturated rings. The molecular formula is C17H24N4O2. The van der Waals surface area contributed by atoms with Crippen molar-refractivity contribution in [3.63, 3.8) is 0 Å². The molecule has 0 unspecified atom stereocenters. The van der Waals surface area contributed by atoms with Gasteiger partial charge in [-0.3, -0.25) is 0 Å². The zero-order valence-corrected chi connectivity index (χ0v) is 14.0. The molecule has 0 saturated carbocycles. The van der Waals surface area contributed by atoms with E-state index in [9.17, 15) is 0 Å². The number of nitrogen functional groups attached to an aromatic ring is 1. The second kappa shape index (κ2) is 8.22. The van der Waals surface area contributed by atoms with Gasteiger partial charge in [0, 0.05) is 0 Å². The molecule has 2 N–H and O–H groups in total. The van der Waals surface area contributed by atoms with Gasteiger partial charge in [-0.1, -0.05) is 13.3 Å². The number of rotatable bonds is 8. The highest BCUT2D eigenvalue weighted by Crippen LogP contribution is 2.28. The molecule has 0 aliphatic rings. The van der Waals surface area contributed by atoms with Crippen molar-refractivity contribution in [2.24, 2.45) is 5.10 Å². The van der Waals surface area contributed by atoms with Crippen molar-refractivity contribution in [3.05, 3.63) is 35.7 Å². The molecule has 1 aromatic carbocycles. The fraction of sp³-hybridized carbons (Fsp3) is 0.412. The average molecular weight is 316 g/mol.